The molecule has 0 unspecified atom stereocenters. The van der Waals surface area contributed by atoms with E-state index in [-0.39, 0.29) is 10.8 Å². The first-order valence-corrected chi connectivity index (χ1v) is 6.77. The van der Waals surface area contributed by atoms with Crippen molar-refractivity contribution in [3.63, 3.8) is 0 Å². The molecule has 90 valence electrons. The Morgan fingerprint density at radius 3 is 2.62 bits per heavy atom. The molecule has 0 saturated carbocycles. The third kappa shape index (κ3) is 4.47. The lowest BCUT2D eigenvalue weighted by molar-refractivity contribution is 0.480. The number of hydrogen-bond acceptors (Lipinski definition) is 2. The molecule has 1 aromatic rings. The highest BCUT2D eigenvalue weighted by Crippen LogP contribution is 2.19. The SMILES string of the molecule is O=S(=O)(O)CCCCc1cccc(Cl)c1F. The molecule has 16 heavy (non-hydrogen) atoms. The molecule has 0 heterocycles. The molecule has 0 amide bonds. The lowest BCUT2D eigenvalue weighted by Gasteiger charge is -2.03. The van der Waals surface area contributed by atoms with E-state index in [0.717, 1.165) is 0 Å². The smallest absolute Gasteiger partial charge is 0.264 e. The quantitative estimate of drug-likeness (QED) is 0.658. The van der Waals surface area contributed by atoms with Gasteiger partial charge in [-0.2, -0.15) is 8.42 Å². The van der Waals surface area contributed by atoms with E-state index in [9.17, 15) is 12.8 Å². The number of halogens is 2. The van der Waals surface area contributed by atoms with Crippen molar-refractivity contribution in [1.29, 1.82) is 0 Å². The molecule has 0 aliphatic rings. The van der Waals surface area contributed by atoms with Crippen LogP contribution < -0.4 is 0 Å². The number of benzene rings is 1. The van der Waals surface area contributed by atoms with Gasteiger partial charge in [0.05, 0.1) is 10.8 Å². The average Bonchev–Trinajstić information content (AvgIpc) is 2.17. The van der Waals surface area contributed by atoms with Crippen molar-refractivity contribution in [2.45, 2.75) is 19.3 Å². The maximum Gasteiger partial charge on any atom is 0.264 e. The lowest BCUT2D eigenvalue weighted by Crippen LogP contribution is -2.04. The van der Waals surface area contributed by atoms with E-state index in [1.807, 2.05) is 0 Å². The van der Waals surface area contributed by atoms with Gasteiger partial charge in [-0.05, 0) is 30.9 Å². The molecule has 0 aromatic heterocycles. The first-order chi connectivity index (χ1) is 7.40. The minimum Gasteiger partial charge on any atom is -0.286 e. The van der Waals surface area contributed by atoms with Gasteiger partial charge in [-0.15, -0.1) is 0 Å². The number of aryl methyl sites for hydroxylation is 1. The number of rotatable bonds is 5. The molecule has 0 saturated heterocycles. The van der Waals surface area contributed by atoms with Gasteiger partial charge in [0.2, 0.25) is 0 Å². The number of unbranched alkanes of at least 4 members (excludes halogenated alkanes) is 1. The van der Waals surface area contributed by atoms with Crippen molar-refractivity contribution >= 4 is 21.7 Å². The topological polar surface area (TPSA) is 54.4 Å². The van der Waals surface area contributed by atoms with Crippen molar-refractivity contribution < 1.29 is 17.4 Å². The highest BCUT2D eigenvalue weighted by Gasteiger charge is 2.07. The summed E-state index contributed by atoms with van der Waals surface area (Å²) >= 11 is 5.59. The summed E-state index contributed by atoms with van der Waals surface area (Å²) in [5.74, 6) is -0.758. The van der Waals surface area contributed by atoms with Gasteiger partial charge in [-0.25, -0.2) is 4.39 Å². The molecule has 0 radical (unpaired) electrons. The van der Waals surface area contributed by atoms with Gasteiger partial charge in [0.15, 0.2) is 0 Å². The Bertz CT molecular complexity index is 459. The Balaban J connectivity index is 2.47. The molecule has 6 heteroatoms. The van der Waals surface area contributed by atoms with Crippen molar-refractivity contribution in [2.24, 2.45) is 0 Å². The Morgan fingerprint density at radius 1 is 1.31 bits per heavy atom. The molecule has 0 fully saturated rings. The second-order valence-electron chi connectivity index (χ2n) is 3.46. The first-order valence-electron chi connectivity index (χ1n) is 4.78. The highest BCUT2D eigenvalue weighted by atomic mass is 35.5. The molecule has 1 N–H and O–H groups in total. The van der Waals surface area contributed by atoms with Crippen molar-refractivity contribution in [3.05, 3.63) is 34.6 Å². The van der Waals surface area contributed by atoms with Gasteiger partial charge in [0.1, 0.15) is 5.82 Å². The van der Waals surface area contributed by atoms with Crippen LogP contribution in [-0.4, -0.2) is 18.7 Å². The molecular formula is C10H12ClFO3S. The Labute approximate surface area is 99.0 Å². The zero-order valence-electron chi connectivity index (χ0n) is 8.49. The van der Waals surface area contributed by atoms with Crippen LogP contribution in [0.15, 0.2) is 18.2 Å². The van der Waals surface area contributed by atoms with Crippen LogP contribution in [0.25, 0.3) is 0 Å². The summed E-state index contributed by atoms with van der Waals surface area (Å²) < 4.78 is 42.7. The Morgan fingerprint density at radius 2 is 2.00 bits per heavy atom. The zero-order chi connectivity index (χ0) is 12.2. The summed E-state index contributed by atoms with van der Waals surface area (Å²) in [5, 5.41) is 0.0623. The Kier molecular flexibility index (Phi) is 4.70. The predicted octanol–water partition coefficient (Wildman–Crippen LogP) is 2.69. The maximum atomic E-state index is 13.4. The fourth-order valence-corrected chi connectivity index (χ4v) is 2.10. The van der Waals surface area contributed by atoms with Crippen molar-refractivity contribution in [2.75, 3.05) is 5.75 Å². The lowest BCUT2D eigenvalue weighted by atomic mass is 10.1. The third-order valence-corrected chi connectivity index (χ3v) is 3.23. The summed E-state index contributed by atoms with van der Waals surface area (Å²) in [6.07, 6.45) is 1.18. The van der Waals surface area contributed by atoms with E-state index in [1.165, 1.54) is 6.07 Å². The standard InChI is InChI=1S/C10H12ClFO3S/c11-9-6-3-5-8(10(9)12)4-1-2-7-16(13,14)15/h3,5-6H,1-2,4,7H2,(H,13,14,15). The zero-order valence-corrected chi connectivity index (χ0v) is 10.1. The fraction of sp³-hybridized carbons (Fsp3) is 0.400. The van der Waals surface area contributed by atoms with Crippen LogP contribution in [0.3, 0.4) is 0 Å². The second-order valence-corrected chi connectivity index (χ2v) is 5.44. The van der Waals surface area contributed by atoms with Crippen LogP contribution in [0.1, 0.15) is 18.4 Å². The van der Waals surface area contributed by atoms with E-state index in [1.54, 1.807) is 12.1 Å². The molecule has 0 spiro atoms. The molecular weight excluding hydrogens is 255 g/mol. The first kappa shape index (κ1) is 13.4. The summed E-state index contributed by atoms with van der Waals surface area (Å²) in [6.45, 7) is 0. The normalized spacial score (nSPS) is 11.7. The van der Waals surface area contributed by atoms with Crippen LogP contribution in [-0.2, 0) is 16.5 Å². The summed E-state index contributed by atoms with van der Waals surface area (Å²) in [7, 11) is -3.92. The highest BCUT2D eigenvalue weighted by molar-refractivity contribution is 7.85. The van der Waals surface area contributed by atoms with Crippen LogP contribution in [0.2, 0.25) is 5.02 Å². The molecule has 0 aliphatic heterocycles. The van der Waals surface area contributed by atoms with E-state index in [2.05, 4.69) is 0 Å². The van der Waals surface area contributed by atoms with Crippen molar-refractivity contribution in [3.8, 4) is 0 Å². The van der Waals surface area contributed by atoms with Gasteiger partial charge in [0.25, 0.3) is 10.1 Å². The van der Waals surface area contributed by atoms with E-state index in [0.29, 0.717) is 24.8 Å². The minimum atomic E-state index is -3.92. The predicted molar refractivity (Wildman–Crippen MR) is 60.8 cm³/mol. The molecule has 1 aromatic carbocycles. The van der Waals surface area contributed by atoms with Gasteiger partial charge in [-0.1, -0.05) is 23.7 Å². The van der Waals surface area contributed by atoms with E-state index in [4.69, 9.17) is 16.2 Å². The Hall–Kier alpha value is -0.650. The average molecular weight is 267 g/mol. The van der Waals surface area contributed by atoms with E-state index >= 15 is 0 Å². The second kappa shape index (κ2) is 5.61. The van der Waals surface area contributed by atoms with Crippen LogP contribution in [0, 0.1) is 5.82 Å². The van der Waals surface area contributed by atoms with Gasteiger partial charge < -0.3 is 0 Å². The monoisotopic (exact) mass is 266 g/mol. The molecule has 1 rings (SSSR count). The molecule has 0 aliphatic carbocycles. The molecule has 3 nitrogen and oxygen atoms in total. The van der Waals surface area contributed by atoms with Gasteiger partial charge in [0, 0.05) is 0 Å². The molecule has 0 atom stereocenters. The summed E-state index contributed by atoms with van der Waals surface area (Å²) in [5.41, 5.74) is 0.461. The van der Waals surface area contributed by atoms with Crippen LogP contribution in [0.4, 0.5) is 4.39 Å². The summed E-state index contributed by atoms with van der Waals surface area (Å²) in [6, 6.07) is 4.71. The van der Waals surface area contributed by atoms with Crippen LogP contribution in [0.5, 0.6) is 0 Å². The van der Waals surface area contributed by atoms with Crippen LogP contribution >= 0.6 is 11.6 Å². The van der Waals surface area contributed by atoms with E-state index < -0.39 is 15.9 Å². The molecule has 0 bridgehead atoms. The van der Waals surface area contributed by atoms with Gasteiger partial charge in [-0.3, -0.25) is 4.55 Å². The fourth-order valence-electron chi connectivity index (χ4n) is 1.34. The maximum absolute atomic E-state index is 13.4. The summed E-state index contributed by atoms with van der Waals surface area (Å²) in [4.78, 5) is 0. The number of hydrogen-bond donors (Lipinski definition) is 1. The van der Waals surface area contributed by atoms with Gasteiger partial charge >= 0.3 is 0 Å². The third-order valence-electron chi connectivity index (χ3n) is 2.13. The largest absolute Gasteiger partial charge is 0.286 e. The van der Waals surface area contributed by atoms with Crippen molar-refractivity contribution in [1.82, 2.24) is 0 Å². The minimum absolute atomic E-state index is 0.0623.